The molecule has 0 saturated carbocycles. The zero-order valence-corrected chi connectivity index (χ0v) is 9.27. The van der Waals surface area contributed by atoms with Gasteiger partial charge >= 0.3 is 6.18 Å². The van der Waals surface area contributed by atoms with Crippen molar-refractivity contribution in [2.75, 3.05) is 13.2 Å². The van der Waals surface area contributed by atoms with Gasteiger partial charge < -0.3 is 10.4 Å². The third-order valence-corrected chi connectivity index (χ3v) is 2.23. The summed E-state index contributed by atoms with van der Waals surface area (Å²) in [6.07, 6.45) is -4.41. The monoisotopic (exact) mass is 269 g/mol. The summed E-state index contributed by atoms with van der Waals surface area (Å²) in [6, 6.07) is 4.21. The lowest BCUT2D eigenvalue weighted by Gasteiger charge is -2.14. The van der Waals surface area contributed by atoms with Crippen molar-refractivity contribution in [1.29, 1.82) is 0 Å². The van der Waals surface area contributed by atoms with Crippen LogP contribution in [0.5, 0.6) is 0 Å². The number of aliphatic hydroxyl groups excluding tert-OH is 1. The fraction of sp³-hybridized carbons (Fsp3) is 0.455. The minimum atomic E-state index is -4.41. The number of benzene rings is 1. The largest absolute Gasteiger partial charge is 0.416 e. The summed E-state index contributed by atoms with van der Waals surface area (Å²) in [4.78, 5) is 0. The first-order chi connectivity index (χ1) is 8.24. The molecule has 0 bridgehead atoms. The molecule has 0 aliphatic heterocycles. The average Bonchev–Trinajstić information content (AvgIpc) is 2.28. The van der Waals surface area contributed by atoms with Crippen LogP contribution in [0.2, 0.25) is 0 Å². The van der Waals surface area contributed by atoms with Crippen molar-refractivity contribution in [2.24, 2.45) is 0 Å². The molecule has 0 unspecified atom stereocenters. The maximum Gasteiger partial charge on any atom is 0.416 e. The Bertz CT molecular complexity index is 374. The fourth-order valence-corrected chi connectivity index (χ4v) is 1.26. The highest BCUT2D eigenvalue weighted by atomic mass is 19.4. The Kier molecular flexibility index (Phi) is 4.64. The highest BCUT2D eigenvalue weighted by Crippen LogP contribution is 2.29. The van der Waals surface area contributed by atoms with Gasteiger partial charge in [0.25, 0.3) is 5.92 Å². The molecule has 102 valence electrons. The molecule has 1 rings (SSSR count). The zero-order chi connectivity index (χ0) is 13.8. The van der Waals surface area contributed by atoms with Crippen LogP contribution < -0.4 is 5.32 Å². The lowest BCUT2D eigenvalue weighted by atomic mass is 10.1. The summed E-state index contributed by atoms with van der Waals surface area (Å²) < 4.78 is 61.9. The second-order valence-electron chi connectivity index (χ2n) is 3.81. The number of aliphatic hydroxyl groups is 1. The predicted molar refractivity (Wildman–Crippen MR) is 55.2 cm³/mol. The van der Waals surface area contributed by atoms with E-state index in [1.54, 1.807) is 0 Å². The first kappa shape index (κ1) is 14.8. The molecule has 0 amide bonds. The average molecular weight is 269 g/mol. The molecule has 0 heterocycles. The maximum absolute atomic E-state index is 12.6. The van der Waals surface area contributed by atoms with Crippen LogP contribution >= 0.6 is 0 Å². The van der Waals surface area contributed by atoms with Crippen molar-refractivity contribution in [3.05, 3.63) is 35.4 Å². The molecule has 2 nitrogen and oxygen atoms in total. The predicted octanol–water partition coefficient (Wildman–Crippen LogP) is 2.42. The molecular formula is C11H12F5NO. The SMILES string of the molecule is OCC(F)(F)CNCc1ccc(C(F)(F)F)cc1. The molecule has 18 heavy (non-hydrogen) atoms. The number of hydrogen-bond acceptors (Lipinski definition) is 2. The Balaban J connectivity index is 2.50. The van der Waals surface area contributed by atoms with E-state index in [9.17, 15) is 22.0 Å². The van der Waals surface area contributed by atoms with Crippen LogP contribution in [0.25, 0.3) is 0 Å². The van der Waals surface area contributed by atoms with Gasteiger partial charge in [-0.25, -0.2) is 8.78 Å². The summed E-state index contributed by atoms with van der Waals surface area (Å²) in [6.45, 7) is -1.99. The van der Waals surface area contributed by atoms with Crippen LogP contribution in [-0.4, -0.2) is 24.2 Å². The lowest BCUT2D eigenvalue weighted by Crippen LogP contribution is -2.35. The molecule has 0 fully saturated rings. The van der Waals surface area contributed by atoms with Gasteiger partial charge in [-0.3, -0.25) is 0 Å². The number of nitrogens with one attached hydrogen (secondary N) is 1. The Hall–Kier alpha value is -1.21. The molecule has 1 aromatic carbocycles. The van der Waals surface area contributed by atoms with E-state index in [-0.39, 0.29) is 6.54 Å². The second kappa shape index (κ2) is 5.62. The van der Waals surface area contributed by atoms with E-state index in [1.807, 2.05) is 0 Å². The van der Waals surface area contributed by atoms with Gasteiger partial charge in [0.15, 0.2) is 0 Å². The van der Waals surface area contributed by atoms with Crippen LogP contribution in [0.3, 0.4) is 0 Å². The van der Waals surface area contributed by atoms with Gasteiger partial charge in [-0.05, 0) is 17.7 Å². The molecule has 0 spiro atoms. The molecular weight excluding hydrogens is 257 g/mol. The van der Waals surface area contributed by atoms with E-state index in [0.29, 0.717) is 5.56 Å². The van der Waals surface area contributed by atoms with E-state index in [0.717, 1.165) is 12.1 Å². The molecule has 0 saturated heterocycles. The van der Waals surface area contributed by atoms with E-state index in [2.05, 4.69) is 5.32 Å². The van der Waals surface area contributed by atoms with Gasteiger partial charge in [0, 0.05) is 6.54 Å². The maximum atomic E-state index is 12.6. The Morgan fingerprint density at radius 3 is 2.00 bits per heavy atom. The molecule has 7 heteroatoms. The van der Waals surface area contributed by atoms with Crippen molar-refractivity contribution in [2.45, 2.75) is 18.6 Å². The summed E-state index contributed by atoms with van der Waals surface area (Å²) in [7, 11) is 0. The minimum Gasteiger partial charge on any atom is -0.390 e. The van der Waals surface area contributed by atoms with Crippen LogP contribution in [-0.2, 0) is 12.7 Å². The summed E-state index contributed by atoms with van der Waals surface area (Å²) in [5.41, 5.74) is -0.330. The van der Waals surface area contributed by atoms with E-state index in [1.165, 1.54) is 12.1 Å². The van der Waals surface area contributed by atoms with E-state index >= 15 is 0 Å². The molecule has 0 aliphatic rings. The molecule has 0 aliphatic carbocycles. The van der Waals surface area contributed by atoms with Crippen LogP contribution in [0.4, 0.5) is 22.0 Å². The smallest absolute Gasteiger partial charge is 0.390 e. The normalized spacial score (nSPS) is 12.8. The van der Waals surface area contributed by atoms with Gasteiger partial charge in [0.1, 0.15) is 6.61 Å². The Labute approximate surface area is 100 Å². The number of alkyl halides is 5. The number of rotatable bonds is 5. The number of hydrogen-bond donors (Lipinski definition) is 2. The van der Waals surface area contributed by atoms with E-state index in [4.69, 9.17) is 5.11 Å². The van der Waals surface area contributed by atoms with Crippen LogP contribution in [0.15, 0.2) is 24.3 Å². The quantitative estimate of drug-likeness (QED) is 0.805. The highest BCUT2D eigenvalue weighted by molar-refractivity contribution is 5.24. The molecule has 1 aromatic rings. The first-order valence-corrected chi connectivity index (χ1v) is 5.10. The van der Waals surface area contributed by atoms with Crippen LogP contribution in [0, 0.1) is 0 Å². The third kappa shape index (κ3) is 4.58. The summed E-state index contributed by atoms with van der Waals surface area (Å²) in [5, 5.41) is 10.7. The molecule has 0 aromatic heterocycles. The molecule has 0 radical (unpaired) electrons. The van der Waals surface area contributed by atoms with Gasteiger partial charge in [0.2, 0.25) is 0 Å². The summed E-state index contributed by atoms with van der Waals surface area (Å²) in [5.74, 6) is -3.23. The minimum absolute atomic E-state index is 0.00767. The van der Waals surface area contributed by atoms with Crippen molar-refractivity contribution < 1.29 is 27.1 Å². The van der Waals surface area contributed by atoms with Gasteiger partial charge in [0.05, 0.1) is 12.1 Å². The Morgan fingerprint density at radius 2 is 1.56 bits per heavy atom. The van der Waals surface area contributed by atoms with Gasteiger partial charge in [-0.15, -0.1) is 0 Å². The molecule has 0 atom stereocenters. The lowest BCUT2D eigenvalue weighted by molar-refractivity contribution is -0.137. The number of halogens is 5. The van der Waals surface area contributed by atoms with Crippen molar-refractivity contribution in [3.8, 4) is 0 Å². The molecule has 2 N–H and O–H groups in total. The van der Waals surface area contributed by atoms with Crippen molar-refractivity contribution in [1.82, 2.24) is 5.32 Å². The summed E-state index contributed by atoms with van der Waals surface area (Å²) >= 11 is 0. The van der Waals surface area contributed by atoms with Gasteiger partial charge in [-0.2, -0.15) is 13.2 Å². The Morgan fingerprint density at radius 1 is 1.00 bits per heavy atom. The standard InChI is InChI=1S/C11H12F5NO/c12-10(13,7-18)6-17-5-8-1-3-9(4-2-8)11(14,15)16/h1-4,17-18H,5-7H2. The topological polar surface area (TPSA) is 32.3 Å². The zero-order valence-electron chi connectivity index (χ0n) is 9.27. The van der Waals surface area contributed by atoms with Gasteiger partial charge in [-0.1, -0.05) is 12.1 Å². The fourth-order valence-electron chi connectivity index (χ4n) is 1.26. The van der Waals surface area contributed by atoms with E-state index < -0.39 is 30.8 Å². The van der Waals surface area contributed by atoms with Crippen LogP contribution in [0.1, 0.15) is 11.1 Å². The first-order valence-electron chi connectivity index (χ1n) is 5.10. The highest BCUT2D eigenvalue weighted by Gasteiger charge is 2.30. The third-order valence-electron chi connectivity index (χ3n) is 2.23. The second-order valence-corrected chi connectivity index (χ2v) is 3.81. The van der Waals surface area contributed by atoms with Crippen molar-refractivity contribution >= 4 is 0 Å². The van der Waals surface area contributed by atoms with Crippen molar-refractivity contribution in [3.63, 3.8) is 0 Å².